The third kappa shape index (κ3) is 6.05. The summed E-state index contributed by atoms with van der Waals surface area (Å²) in [6, 6.07) is 12.9. The van der Waals surface area contributed by atoms with Crippen molar-refractivity contribution in [3.63, 3.8) is 0 Å². The van der Waals surface area contributed by atoms with E-state index in [0.717, 1.165) is 5.56 Å². The molecule has 2 N–H and O–H groups in total. The Morgan fingerprint density at radius 1 is 1.04 bits per heavy atom. The zero-order valence-electron chi connectivity index (χ0n) is 14.7. The van der Waals surface area contributed by atoms with E-state index >= 15 is 0 Å². The van der Waals surface area contributed by atoms with Crippen LogP contribution in [-0.4, -0.2) is 41.2 Å². The third-order valence-electron chi connectivity index (χ3n) is 3.44. The Balaban J connectivity index is 1.93. The summed E-state index contributed by atoms with van der Waals surface area (Å²) < 4.78 is 37.4. The molecule has 0 radical (unpaired) electrons. The average Bonchev–Trinajstić information content (AvgIpc) is 2.62. The number of hydrogen-bond donors (Lipinski definition) is 2. The van der Waals surface area contributed by atoms with Crippen LogP contribution >= 0.6 is 0 Å². The standard InChI is InChI=1S/C18H22N2O5S/c1-14-3-5-15(6-4-14)20-26(22,23)17-9-7-16(8-10-17)25-13-18(21)19-11-12-24-2/h3-10,20H,11-13H2,1-2H3,(H,19,21). The van der Waals surface area contributed by atoms with Crippen LogP contribution in [0, 0.1) is 6.92 Å². The molecule has 0 aliphatic rings. The van der Waals surface area contributed by atoms with Crippen molar-refractivity contribution in [1.29, 1.82) is 0 Å². The zero-order chi connectivity index (χ0) is 19.0. The van der Waals surface area contributed by atoms with Crippen LogP contribution in [0.3, 0.4) is 0 Å². The molecule has 26 heavy (non-hydrogen) atoms. The molecular weight excluding hydrogens is 356 g/mol. The van der Waals surface area contributed by atoms with Crippen molar-refractivity contribution in [3.8, 4) is 5.75 Å². The predicted octanol–water partition coefficient (Wildman–Crippen LogP) is 1.94. The van der Waals surface area contributed by atoms with E-state index in [1.54, 1.807) is 19.2 Å². The van der Waals surface area contributed by atoms with E-state index in [9.17, 15) is 13.2 Å². The maximum Gasteiger partial charge on any atom is 0.261 e. The number of methoxy groups -OCH3 is 1. The molecule has 0 aliphatic carbocycles. The van der Waals surface area contributed by atoms with Crippen LogP contribution in [-0.2, 0) is 19.6 Å². The van der Waals surface area contributed by atoms with Gasteiger partial charge >= 0.3 is 0 Å². The summed E-state index contributed by atoms with van der Waals surface area (Å²) in [5.74, 6) is 0.126. The largest absolute Gasteiger partial charge is 0.484 e. The summed E-state index contributed by atoms with van der Waals surface area (Å²) in [7, 11) is -2.14. The number of sulfonamides is 1. The van der Waals surface area contributed by atoms with Gasteiger partial charge in [-0.1, -0.05) is 17.7 Å². The Labute approximate surface area is 153 Å². The van der Waals surface area contributed by atoms with Gasteiger partial charge in [0.2, 0.25) is 0 Å². The monoisotopic (exact) mass is 378 g/mol. The Kier molecular flexibility index (Phi) is 6.99. The molecular formula is C18H22N2O5S. The lowest BCUT2D eigenvalue weighted by molar-refractivity contribution is -0.123. The van der Waals surface area contributed by atoms with Crippen LogP contribution < -0.4 is 14.8 Å². The summed E-state index contributed by atoms with van der Waals surface area (Å²) in [6.07, 6.45) is 0. The van der Waals surface area contributed by atoms with Crippen LogP contribution in [0.1, 0.15) is 5.56 Å². The highest BCUT2D eigenvalue weighted by Gasteiger charge is 2.14. The molecule has 0 fully saturated rings. The van der Waals surface area contributed by atoms with Gasteiger partial charge in [-0.05, 0) is 43.3 Å². The maximum atomic E-state index is 12.4. The van der Waals surface area contributed by atoms with Crippen LogP contribution in [0.2, 0.25) is 0 Å². The first kappa shape index (κ1) is 19.7. The van der Waals surface area contributed by atoms with Crippen molar-refractivity contribution in [2.24, 2.45) is 0 Å². The topological polar surface area (TPSA) is 93.7 Å². The quantitative estimate of drug-likeness (QED) is 0.651. The van der Waals surface area contributed by atoms with Crippen molar-refractivity contribution in [2.75, 3.05) is 31.6 Å². The molecule has 0 aliphatic heterocycles. The van der Waals surface area contributed by atoms with E-state index in [0.29, 0.717) is 24.6 Å². The molecule has 0 aromatic heterocycles. The Bertz CT molecular complexity index is 818. The highest BCUT2D eigenvalue weighted by atomic mass is 32.2. The lowest BCUT2D eigenvalue weighted by atomic mass is 10.2. The first-order valence-corrected chi connectivity index (χ1v) is 9.47. The van der Waals surface area contributed by atoms with E-state index in [1.165, 1.54) is 24.3 Å². The fourth-order valence-corrected chi connectivity index (χ4v) is 3.10. The number of anilines is 1. The molecule has 0 bridgehead atoms. The number of amides is 1. The number of carbonyl (C=O) groups excluding carboxylic acids is 1. The van der Waals surface area contributed by atoms with Crippen LogP contribution in [0.5, 0.6) is 5.75 Å². The molecule has 0 unspecified atom stereocenters. The van der Waals surface area contributed by atoms with Crippen molar-refractivity contribution < 1.29 is 22.7 Å². The smallest absolute Gasteiger partial charge is 0.261 e. The third-order valence-corrected chi connectivity index (χ3v) is 4.83. The molecule has 0 saturated heterocycles. The van der Waals surface area contributed by atoms with E-state index in [-0.39, 0.29) is 17.4 Å². The van der Waals surface area contributed by atoms with Crippen molar-refractivity contribution in [3.05, 3.63) is 54.1 Å². The van der Waals surface area contributed by atoms with E-state index in [2.05, 4.69) is 10.0 Å². The van der Waals surface area contributed by atoms with Gasteiger partial charge in [0.25, 0.3) is 15.9 Å². The molecule has 0 saturated carbocycles. The first-order chi connectivity index (χ1) is 12.4. The fraction of sp³-hybridized carbons (Fsp3) is 0.278. The first-order valence-electron chi connectivity index (χ1n) is 7.99. The van der Waals surface area contributed by atoms with Gasteiger partial charge in [0.05, 0.1) is 11.5 Å². The summed E-state index contributed by atoms with van der Waals surface area (Å²) >= 11 is 0. The number of benzene rings is 2. The summed E-state index contributed by atoms with van der Waals surface area (Å²) in [5, 5.41) is 2.63. The minimum absolute atomic E-state index is 0.106. The maximum absolute atomic E-state index is 12.4. The Hall–Kier alpha value is -2.58. The second kappa shape index (κ2) is 9.21. The molecule has 0 spiro atoms. The van der Waals surface area contributed by atoms with Crippen molar-refractivity contribution in [1.82, 2.24) is 5.32 Å². The lowest BCUT2D eigenvalue weighted by Crippen LogP contribution is -2.31. The second-order valence-corrected chi connectivity index (χ2v) is 7.26. The number of rotatable bonds is 9. The summed E-state index contributed by atoms with van der Waals surface area (Å²) in [5.41, 5.74) is 1.53. The number of aryl methyl sites for hydroxylation is 1. The molecule has 0 atom stereocenters. The second-order valence-electron chi connectivity index (χ2n) is 5.57. The van der Waals surface area contributed by atoms with Crippen molar-refractivity contribution >= 4 is 21.6 Å². The molecule has 0 heterocycles. The van der Waals surface area contributed by atoms with Gasteiger partial charge < -0.3 is 14.8 Å². The summed E-state index contributed by atoms with van der Waals surface area (Å²) in [4.78, 5) is 11.7. The van der Waals surface area contributed by atoms with Gasteiger partial charge in [-0.2, -0.15) is 0 Å². The molecule has 2 aromatic carbocycles. The van der Waals surface area contributed by atoms with Gasteiger partial charge in [-0.15, -0.1) is 0 Å². The van der Waals surface area contributed by atoms with E-state index in [4.69, 9.17) is 9.47 Å². The molecule has 7 nitrogen and oxygen atoms in total. The normalized spacial score (nSPS) is 11.0. The van der Waals surface area contributed by atoms with Gasteiger partial charge in [-0.25, -0.2) is 8.42 Å². The van der Waals surface area contributed by atoms with E-state index < -0.39 is 10.0 Å². The fourth-order valence-electron chi connectivity index (χ4n) is 2.04. The Morgan fingerprint density at radius 3 is 2.31 bits per heavy atom. The molecule has 1 amide bonds. The minimum Gasteiger partial charge on any atom is -0.484 e. The van der Waals surface area contributed by atoms with E-state index in [1.807, 2.05) is 19.1 Å². The molecule has 140 valence electrons. The van der Waals surface area contributed by atoms with Gasteiger partial charge in [0, 0.05) is 19.3 Å². The molecule has 8 heteroatoms. The number of hydrogen-bond acceptors (Lipinski definition) is 5. The Morgan fingerprint density at radius 2 is 1.69 bits per heavy atom. The van der Waals surface area contributed by atoms with Crippen LogP contribution in [0.15, 0.2) is 53.4 Å². The van der Waals surface area contributed by atoms with Gasteiger partial charge in [0.1, 0.15) is 5.75 Å². The number of nitrogens with one attached hydrogen (secondary N) is 2. The van der Waals surface area contributed by atoms with Crippen molar-refractivity contribution in [2.45, 2.75) is 11.8 Å². The number of carbonyl (C=O) groups is 1. The minimum atomic E-state index is -3.69. The molecule has 2 rings (SSSR count). The van der Waals surface area contributed by atoms with Gasteiger partial charge in [-0.3, -0.25) is 9.52 Å². The summed E-state index contributed by atoms with van der Waals surface area (Å²) in [6.45, 7) is 2.60. The zero-order valence-corrected chi connectivity index (χ0v) is 15.5. The van der Waals surface area contributed by atoms with Crippen LogP contribution in [0.4, 0.5) is 5.69 Å². The molecule has 2 aromatic rings. The highest BCUT2D eigenvalue weighted by molar-refractivity contribution is 7.92. The number of ether oxygens (including phenoxy) is 2. The lowest BCUT2D eigenvalue weighted by Gasteiger charge is -2.10. The van der Waals surface area contributed by atoms with Crippen LogP contribution in [0.25, 0.3) is 0 Å². The van der Waals surface area contributed by atoms with Gasteiger partial charge in [0.15, 0.2) is 6.61 Å². The predicted molar refractivity (Wildman–Crippen MR) is 98.8 cm³/mol. The highest BCUT2D eigenvalue weighted by Crippen LogP contribution is 2.19. The average molecular weight is 378 g/mol. The SMILES string of the molecule is COCCNC(=O)COc1ccc(S(=O)(=O)Nc2ccc(C)cc2)cc1.